The van der Waals surface area contributed by atoms with Gasteiger partial charge in [-0.25, -0.2) is 15.0 Å². The van der Waals surface area contributed by atoms with Crippen molar-refractivity contribution < 1.29 is 0 Å². The third-order valence-electron chi connectivity index (χ3n) is 3.94. The summed E-state index contributed by atoms with van der Waals surface area (Å²) in [7, 11) is 0. The van der Waals surface area contributed by atoms with E-state index in [1.165, 1.54) is 12.8 Å². The van der Waals surface area contributed by atoms with E-state index in [0.29, 0.717) is 0 Å². The minimum atomic E-state index is 0.273. The second-order valence-electron chi connectivity index (χ2n) is 5.34. The summed E-state index contributed by atoms with van der Waals surface area (Å²) in [5, 5.41) is 3.57. The molecule has 5 heteroatoms. The zero-order valence-corrected chi connectivity index (χ0v) is 11.7. The number of hydrogen-bond acceptors (Lipinski definition) is 4. The lowest BCUT2D eigenvalue weighted by Gasteiger charge is -2.23. The van der Waals surface area contributed by atoms with E-state index >= 15 is 0 Å². The highest BCUT2D eigenvalue weighted by Crippen LogP contribution is 2.27. The standard InChI is InChI=1S/C16H17N5/c1-3-9-17-12(6-1)16-20-13-7-5-11-19-15(13)21(16)14-8-2-4-10-18-14/h2,4-5,7-8,10-12,17H,1,3,6,9H2. The van der Waals surface area contributed by atoms with Crippen LogP contribution in [0.3, 0.4) is 0 Å². The summed E-state index contributed by atoms with van der Waals surface area (Å²) >= 11 is 0. The van der Waals surface area contributed by atoms with Gasteiger partial charge >= 0.3 is 0 Å². The van der Waals surface area contributed by atoms with Crippen LogP contribution in [-0.4, -0.2) is 26.1 Å². The molecule has 21 heavy (non-hydrogen) atoms. The van der Waals surface area contributed by atoms with Gasteiger partial charge in [0.05, 0.1) is 6.04 Å². The molecule has 1 unspecified atom stereocenters. The highest BCUT2D eigenvalue weighted by atomic mass is 15.2. The molecule has 1 saturated heterocycles. The highest BCUT2D eigenvalue weighted by Gasteiger charge is 2.23. The maximum absolute atomic E-state index is 4.81. The van der Waals surface area contributed by atoms with E-state index in [0.717, 1.165) is 35.8 Å². The van der Waals surface area contributed by atoms with Gasteiger partial charge in [0.15, 0.2) is 5.65 Å². The fourth-order valence-electron chi connectivity index (χ4n) is 2.95. The van der Waals surface area contributed by atoms with Crippen molar-refractivity contribution in [2.24, 2.45) is 0 Å². The molecule has 3 aromatic rings. The molecule has 4 rings (SSSR count). The highest BCUT2D eigenvalue weighted by molar-refractivity contribution is 5.73. The Kier molecular flexibility index (Phi) is 3.12. The largest absolute Gasteiger partial charge is 0.307 e. The van der Waals surface area contributed by atoms with Crippen molar-refractivity contribution >= 4 is 11.2 Å². The van der Waals surface area contributed by atoms with E-state index in [2.05, 4.69) is 19.9 Å². The average Bonchev–Trinajstić information content (AvgIpc) is 2.96. The number of piperidine rings is 1. The number of aromatic nitrogens is 4. The van der Waals surface area contributed by atoms with Crippen molar-refractivity contribution in [1.82, 2.24) is 24.8 Å². The Hall–Kier alpha value is -2.27. The summed E-state index contributed by atoms with van der Waals surface area (Å²) in [6.45, 7) is 1.05. The second kappa shape index (κ2) is 5.26. The lowest BCUT2D eigenvalue weighted by molar-refractivity contribution is 0.395. The molecular formula is C16H17N5. The van der Waals surface area contributed by atoms with Crippen LogP contribution >= 0.6 is 0 Å². The first-order valence-electron chi connectivity index (χ1n) is 7.41. The van der Waals surface area contributed by atoms with E-state index < -0.39 is 0 Å². The maximum atomic E-state index is 4.81. The van der Waals surface area contributed by atoms with Crippen LogP contribution in [0.5, 0.6) is 0 Å². The molecule has 0 amide bonds. The minimum absolute atomic E-state index is 0.273. The first-order valence-corrected chi connectivity index (χ1v) is 7.41. The van der Waals surface area contributed by atoms with Gasteiger partial charge in [-0.05, 0) is 43.7 Å². The monoisotopic (exact) mass is 279 g/mol. The van der Waals surface area contributed by atoms with E-state index in [1.807, 2.05) is 42.7 Å². The lowest BCUT2D eigenvalue weighted by atomic mass is 10.0. The average molecular weight is 279 g/mol. The first-order chi connectivity index (χ1) is 10.4. The number of nitrogens with one attached hydrogen (secondary N) is 1. The predicted molar refractivity (Wildman–Crippen MR) is 81.3 cm³/mol. The van der Waals surface area contributed by atoms with Gasteiger partial charge in [0, 0.05) is 12.4 Å². The van der Waals surface area contributed by atoms with E-state index in [-0.39, 0.29) is 6.04 Å². The van der Waals surface area contributed by atoms with Crippen LogP contribution in [0.1, 0.15) is 31.1 Å². The minimum Gasteiger partial charge on any atom is -0.307 e. The van der Waals surface area contributed by atoms with Crippen molar-refractivity contribution in [3.63, 3.8) is 0 Å². The fraction of sp³-hybridized carbons (Fsp3) is 0.312. The van der Waals surface area contributed by atoms with Crippen LogP contribution in [-0.2, 0) is 0 Å². The third-order valence-corrected chi connectivity index (χ3v) is 3.94. The number of imidazole rings is 1. The van der Waals surface area contributed by atoms with Crippen molar-refractivity contribution in [2.75, 3.05) is 6.54 Å². The van der Waals surface area contributed by atoms with Crippen molar-refractivity contribution in [3.8, 4) is 5.82 Å². The van der Waals surface area contributed by atoms with Gasteiger partial charge in [0.1, 0.15) is 17.2 Å². The molecule has 4 heterocycles. The predicted octanol–water partition coefficient (Wildman–Crippen LogP) is 2.63. The van der Waals surface area contributed by atoms with Crippen molar-refractivity contribution in [3.05, 3.63) is 48.5 Å². The van der Waals surface area contributed by atoms with Gasteiger partial charge in [-0.3, -0.25) is 4.57 Å². The molecule has 106 valence electrons. The number of rotatable bonds is 2. The SMILES string of the molecule is c1ccc(-n2c(C3CCCCN3)nc3cccnc32)nc1. The van der Waals surface area contributed by atoms with Gasteiger partial charge in [0.25, 0.3) is 0 Å². The molecule has 0 spiro atoms. The van der Waals surface area contributed by atoms with Gasteiger partial charge in [-0.1, -0.05) is 12.5 Å². The molecule has 1 aliphatic heterocycles. The van der Waals surface area contributed by atoms with Crippen LogP contribution in [0.2, 0.25) is 0 Å². The summed E-state index contributed by atoms with van der Waals surface area (Å²) in [6, 6.07) is 10.1. The Balaban J connectivity index is 1.92. The Morgan fingerprint density at radius 1 is 1.05 bits per heavy atom. The second-order valence-corrected chi connectivity index (χ2v) is 5.34. The maximum Gasteiger partial charge on any atom is 0.165 e. The number of pyridine rings is 2. The normalized spacial score (nSPS) is 19.0. The molecule has 0 radical (unpaired) electrons. The molecule has 0 aromatic carbocycles. The van der Waals surface area contributed by atoms with Crippen LogP contribution in [0.15, 0.2) is 42.7 Å². The van der Waals surface area contributed by atoms with E-state index in [4.69, 9.17) is 4.98 Å². The zero-order chi connectivity index (χ0) is 14.1. The smallest absolute Gasteiger partial charge is 0.165 e. The molecule has 0 saturated carbocycles. The quantitative estimate of drug-likeness (QED) is 0.783. The molecule has 1 N–H and O–H groups in total. The van der Waals surface area contributed by atoms with Crippen LogP contribution < -0.4 is 5.32 Å². The summed E-state index contributed by atoms with van der Waals surface area (Å²) in [5.41, 5.74) is 1.80. The van der Waals surface area contributed by atoms with Crippen LogP contribution in [0.4, 0.5) is 0 Å². The molecule has 3 aromatic heterocycles. The molecule has 1 fully saturated rings. The molecular weight excluding hydrogens is 262 g/mol. The van der Waals surface area contributed by atoms with Gasteiger partial charge in [-0.2, -0.15) is 0 Å². The number of hydrogen-bond donors (Lipinski definition) is 1. The van der Waals surface area contributed by atoms with E-state index in [9.17, 15) is 0 Å². The first kappa shape index (κ1) is 12.5. The fourth-order valence-corrected chi connectivity index (χ4v) is 2.95. The van der Waals surface area contributed by atoms with Crippen molar-refractivity contribution in [2.45, 2.75) is 25.3 Å². The Morgan fingerprint density at radius 3 is 2.81 bits per heavy atom. The third kappa shape index (κ3) is 2.19. The van der Waals surface area contributed by atoms with Gasteiger partial charge in [-0.15, -0.1) is 0 Å². The molecule has 1 atom stereocenters. The number of fused-ring (bicyclic) bond motifs is 1. The topological polar surface area (TPSA) is 55.6 Å². The van der Waals surface area contributed by atoms with Gasteiger partial charge in [0.2, 0.25) is 0 Å². The number of nitrogens with zero attached hydrogens (tertiary/aromatic N) is 4. The Morgan fingerprint density at radius 2 is 2.00 bits per heavy atom. The van der Waals surface area contributed by atoms with Crippen LogP contribution in [0.25, 0.3) is 17.0 Å². The summed E-state index contributed by atoms with van der Waals surface area (Å²) in [6.07, 6.45) is 7.19. The summed E-state index contributed by atoms with van der Waals surface area (Å²) in [5.74, 6) is 1.89. The molecule has 1 aliphatic rings. The molecule has 0 aliphatic carbocycles. The Bertz CT molecular complexity index is 744. The lowest BCUT2D eigenvalue weighted by Crippen LogP contribution is -2.29. The summed E-state index contributed by atoms with van der Waals surface area (Å²) < 4.78 is 2.08. The molecule has 0 bridgehead atoms. The Labute approximate surface area is 123 Å². The van der Waals surface area contributed by atoms with Gasteiger partial charge < -0.3 is 5.32 Å². The van der Waals surface area contributed by atoms with Crippen molar-refractivity contribution in [1.29, 1.82) is 0 Å². The van der Waals surface area contributed by atoms with E-state index in [1.54, 1.807) is 0 Å². The molecule has 5 nitrogen and oxygen atoms in total. The van der Waals surface area contributed by atoms with Crippen LogP contribution in [0, 0.1) is 0 Å². The zero-order valence-electron chi connectivity index (χ0n) is 11.7. The summed E-state index contributed by atoms with van der Waals surface area (Å²) in [4.78, 5) is 13.8.